The van der Waals surface area contributed by atoms with Crippen molar-refractivity contribution < 1.29 is 29.1 Å². The van der Waals surface area contributed by atoms with E-state index in [0.29, 0.717) is 0 Å². The first kappa shape index (κ1) is 19.4. The van der Waals surface area contributed by atoms with E-state index in [1.54, 1.807) is 20.8 Å². The van der Waals surface area contributed by atoms with Crippen molar-refractivity contribution in [1.82, 2.24) is 5.32 Å². The summed E-state index contributed by atoms with van der Waals surface area (Å²) in [7, 11) is 1.07. The molecule has 9 heteroatoms. The summed E-state index contributed by atoms with van der Waals surface area (Å²) < 4.78 is 9.57. The van der Waals surface area contributed by atoms with Crippen molar-refractivity contribution in [2.24, 2.45) is 0 Å². The van der Waals surface area contributed by atoms with Crippen LogP contribution in [0.3, 0.4) is 0 Å². The molecule has 0 saturated heterocycles. The van der Waals surface area contributed by atoms with Crippen LogP contribution in [0.15, 0.2) is 24.3 Å². The summed E-state index contributed by atoms with van der Waals surface area (Å²) in [4.78, 5) is 34.1. The smallest absolute Gasteiger partial charge is 0.408 e. The number of nitrogens with zero attached hydrogens (tertiary/aromatic N) is 1. The van der Waals surface area contributed by atoms with Gasteiger partial charge in [0.05, 0.1) is 17.6 Å². The molecule has 0 radical (unpaired) electrons. The van der Waals surface area contributed by atoms with Crippen molar-refractivity contribution in [1.29, 1.82) is 0 Å². The first-order valence-corrected chi connectivity index (χ1v) is 7.05. The number of aliphatic hydroxyl groups is 1. The van der Waals surface area contributed by atoms with Crippen LogP contribution >= 0.6 is 0 Å². The number of aliphatic hydroxyl groups excluding tert-OH is 1. The van der Waals surface area contributed by atoms with Crippen LogP contribution in [-0.2, 0) is 14.3 Å². The Kier molecular flexibility index (Phi) is 6.24. The van der Waals surface area contributed by atoms with Crippen LogP contribution in [0.25, 0.3) is 0 Å². The first-order valence-electron chi connectivity index (χ1n) is 7.05. The number of para-hydroxylation sites is 1. The molecular weight excluding hydrogens is 320 g/mol. The van der Waals surface area contributed by atoms with Crippen molar-refractivity contribution >= 4 is 17.7 Å². The second-order valence-electron chi connectivity index (χ2n) is 5.91. The predicted octanol–water partition coefficient (Wildman–Crippen LogP) is 1.69. The van der Waals surface area contributed by atoms with Crippen molar-refractivity contribution in [3.8, 4) is 0 Å². The molecule has 0 aliphatic carbocycles. The van der Waals surface area contributed by atoms with Crippen LogP contribution in [0.4, 0.5) is 10.5 Å². The Hall–Kier alpha value is -2.68. The highest BCUT2D eigenvalue weighted by Crippen LogP contribution is 2.27. The molecule has 1 amide bonds. The topological polar surface area (TPSA) is 128 Å². The lowest BCUT2D eigenvalue weighted by Gasteiger charge is -2.25. The summed E-state index contributed by atoms with van der Waals surface area (Å²) in [5.41, 5.74) is -1.34. The molecule has 0 aliphatic rings. The number of hydrogen-bond donors (Lipinski definition) is 2. The molecule has 1 aromatic carbocycles. The second kappa shape index (κ2) is 7.73. The van der Waals surface area contributed by atoms with Gasteiger partial charge in [0.2, 0.25) is 0 Å². The number of carbonyl (C=O) groups is 2. The number of benzene rings is 1. The van der Waals surface area contributed by atoms with Gasteiger partial charge in [0.1, 0.15) is 11.7 Å². The quantitative estimate of drug-likeness (QED) is 0.474. The maximum absolute atomic E-state index is 11.9. The highest BCUT2D eigenvalue weighted by atomic mass is 16.6. The van der Waals surface area contributed by atoms with Crippen LogP contribution in [-0.4, -0.2) is 40.8 Å². The van der Waals surface area contributed by atoms with E-state index in [-0.39, 0.29) is 11.3 Å². The van der Waals surface area contributed by atoms with Crippen LogP contribution in [0.5, 0.6) is 0 Å². The summed E-state index contributed by atoms with van der Waals surface area (Å²) in [6, 6.07) is 3.79. The van der Waals surface area contributed by atoms with E-state index in [2.05, 4.69) is 10.1 Å². The van der Waals surface area contributed by atoms with Crippen molar-refractivity contribution in [3.05, 3.63) is 39.9 Å². The molecule has 0 heterocycles. The van der Waals surface area contributed by atoms with E-state index in [4.69, 9.17) is 4.74 Å². The maximum Gasteiger partial charge on any atom is 0.408 e. The average molecular weight is 340 g/mol. The number of hydrogen-bond acceptors (Lipinski definition) is 7. The van der Waals surface area contributed by atoms with Gasteiger partial charge in [-0.25, -0.2) is 9.59 Å². The molecular formula is C15H20N2O7. The summed E-state index contributed by atoms with van der Waals surface area (Å²) in [5, 5.41) is 23.6. The van der Waals surface area contributed by atoms with Crippen LogP contribution in [0.1, 0.15) is 32.4 Å². The van der Waals surface area contributed by atoms with E-state index in [0.717, 1.165) is 7.11 Å². The Morgan fingerprint density at radius 2 is 1.88 bits per heavy atom. The van der Waals surface area contributed by atoms with Gasteiger partial charge in [-0.2, -0.15) is 0 Å². The molecule has 0 spiro atoms. The molecule has 0 fully saturated rings. The minimum atomic E-state index is -1.69. The average Bonchev–Trinajstić information content (AvgIpc) is 2.49. The Morgan fingerprint density at radius 3 is 2.38 bits per heavy atom. The van der Waals surface area contributed by atoms with Gasteiger partial charge >= 0.3 is 12.1 Å². The minimum Gasteiger partial charge on any atom is -0.467 e. The molecule has 24 heavy (non-hydrogen) atoms. The Bertz CT molecular complexity index is 624. The molecule has 2 atom stereocenters. The number of nitro benzene ring substituents is 1. The third-order valence-corrected chi connectivity index (χ3v) is 2.90. The first-order chi connectivity index (χ1) is 11.1. The van der Waals surface area contributed by atoms with Crippen LogP contribution in [0.2, 0.25) is 0 Å². The number of nitro groups is 1. The molecule has 2 unspecified atom stereocenters. The lowest BCUT2D eigenvalue weighted by atomic mass is 10.0. The monoisotopic (exact) mass is 340 g/mol. The fourth-order valence-corrected chi connectivity index (χ4v) is 1.91. The van der Waals surface area contributed by atoms with Crippen LogP contribution < -0.4 is 5.32 Å². The lowest BCUT2D eigenvalue weighted by molar-refractivity contribution is -0.386. The van der Waals surface area contributed by atoms with Gasteiger partial charge in [-0.1, -0.05) is 12.1 Å². The van der Waals surface area contributed by atoms with Crippen molar-refractivity contribution in [2.75, 3.05) is 7.11 Å². The zero-order chi connectivity index (χ0) is 18.5. The van der Waals surface area contributed by atoms with E-state index < -0.39 is 34.7 Å². The van der Waals surface area contributed by atoms with Gasteiger partial charge in [0.15, 0.2) is 6.04 Å². The number of esters is 1. The van der Waals surface area contributed by atoms with Crippen LogP contribution in [0, 0.1) is 10.1 Å². The molecule has 1 rings (SSSR count). The normalized spacial score (nSPS) is 13.5. The van der Waals surface area contributed by atoms with Gasteiger partial charge in [0, 0.05) is 6.07 Å². The molecule has 1 aromatic rings. The SMILES string of the molecule is COC(=O)C(NC(=O)OC(C)(C)C)C(O)c1ccccc1[N+](=O)[O-]. The van der Waals surface area contributed by atoms with Gasteiger partial charge in [0.25, 0.3) is 5.69 Å². The minimum absolute atomic E-state index is 0.131. The van der Waals surface area contributed by atoms with Gasteiger partial charge in [-0.15, -0.1) is 0 Å². The fraction of sp³-hybridized carbons (Fsp3) is 0.467. The van der Waals surface area contributed by atoms with E-state index in [1.807, 2.05) is 0 Å². The molecule has 132 valence electrons. The van der Waals surface area contributed by atoms with E-state index >= 15 is 0 Å². The fourth-order valence-electron chi connectivity index (χ4n) is 1.91. The Morgan fingerprint density at radius 1 is 1.29 bits per heavy atom. The zero-order valence-corrected chi connectivity index (χ0v) is 13.8. The molecule has 0 aliphatic heterocycles. The Labute approximate surface area is 138 Å². The largest absolute Gasteiger partial charge is 0.467 e. The zero-order valence-electron chi connectivity index (χ0n) is 13.8. The molecule has 0 saturated carbocycles. The third kappa shape index (κ3) is 5.20. The van der Waals surface area contributed by atoms with E-state index in [9.17, 15) is 24.8 Å². The van der Waals surface area contributed by atoms with E-state index in [1.165, 1.54) is 24.3 Å². The molecule has 2 N–H and O–H groups in total. The molecule has 0 aromatic heterocycles. The summed E-state index contributed by atoms with van der Waals surface area (Å²) >= 11 is 0. The number of amides is 1. The highest BCUT2D eigenvalue weighted by molar-refractivity contribution is 5.82. The Balaban J connectivity index is 3.11. The second-order valence-corrected chi connectivity index (χ2v) is 5.91. The third-order valence-electron chi connectivity index (χ3n) is 2.90. The molecule has 0 bridgehead atoms. The number of carbonyl (C=O) groups excluding carboxylic acids is 2. The summed E-state index contributed by atoms with van der Waals surface area (Å²) in [6.45, 7) is 4.87. The number of ether oxygens (including phenoxy) is 2. The van der Waals surface area contributed by atoms with Gasteiger partial charge in [-0.3, -0.25) is 10.1 Å². The number of methoxy groups -OCH3 is 1. The number of nitrogens with one attached hydrogen (secondary N) is 1. The summed E-state index contributed by atoms with van der Waals surface area (Å²) in [6.07, 6.45) is -2.65. The van der Waals surface area contributed by atoms with Crippen molar-refractivity contribution in [3.63, 3.8) is 0 Å². The number of rotatable bonds is 5. The lowest BCUT2D eigenvalue weighted by Crippen LogP contribution is -2.47. The summed E-state index contributed by atoms with van der Waals surface area (Å²) in [5.74, 6) is -0.966. The van der Waals surface area contributed by atoms with Crippen molar-refractivity contribution in [2.45, 2.75) is 38.5 Å². The number of alkyl carbamates (subject to hydrolysis) is 1. The van der Waals surface area contributed by atoms with Gasteiger partial charge < -0.3 is 19.9 Å². The molecule has 9 nitrogen and oxygen atoms in total. The highest BCUT2D eigenvalue weighted by Gasteiger charge is 2.35. The van der Waals surface area contributed by atoms with Gasteiger partial charge in [-0.05, 0) is 26.8 Å². The standard InChI is InChI=1S/C15H20N2O7/c1-15(2,3)24-14(20)16-11(13(19)23-4)12(18)9-7-5-6-8-10(9)17(21)22/h5-8,11-12,18H,1-4H3,(H,16,20). The predicted molar refractivity (Wildman–Crippen MR) is 83.2 cm³/mol. The maximum atomic E-state index is 11.9.